The van der Waals surface area contributed by atoms with Gasteiger partial charge >= 0.3 is 0 Å². The predicted molar refractivity (Wildman–Crippen MR) is 183 cm³/mol. The van der Waals surface area contributed by atoms with Crippen molar-refractivity contribution < 1.29 is 34.6 Å². The van der Waals surface area contributed by atoms with Crippen LogP contribution in [-0.4, -0.2) is 0 Å². The van der Waals surface area contributed by atoms with Crippen molar-refractivity contribution in [1.29, 1.82) is 0 Å². The molecule has 9 aromatic rings. The Morgan fingerprint density at radius 2 is 0.953 bits per heavy atom. The van der Waals surface area contributed by atoms with Crippen molar-refractivity contribution in [2.24, 2.45) is 0 Å². The Balaban J connectivity index is 1.54. The molecule has 0 aliphatic heterocycles. The summed E-state index contributed by atoms with van der Waals surface area (Å²) < 4.78 is 200. The number of hydrogen-bond donors (Lipinski definition) is 0. The van der Waals surface area contributed by atoms with Gasteiger partial charge in [-0.05, 0) is 66.7 Å². The summed E-state index contributed by atoms with van der Waals surface area (Å²) in [6, 6.07) is -10.3. The van der Waals surface area contributed by atoms with Gasteiger partial charge < -0.3 is 4.42 Å². The third kappa shape index (κ3) is 3.65. The lowest BCUT2D eigenvalue weighted by Crippen LogP contribution is -1.91. The Bertz CT molecular complexity index is 3670. The minimum atomic E-state index is -0.861. The van der Waals surface area contributed by atoms with E-state index in [-0.39, 0.29) is 54.6 Å². The molecule has 43 heavy (non-hydrogen) atoms. The molecule has 1 aromatic heterocycles. The van der Waals surface area contributed by atoms with Crippen molar-refractivity contribution in [3.05, 3.63) is 157 Å². The molecule has 8 aromatic carbocycles. The second-order valence-electron chi connectivity index (χ2n) is 9.57. The molecule has 0 saturated heterocycles. The van der Waals surface area contributed by atoms with Gasteiger partial charge in [-0.15, -0.1) is 0 Å². The zero-order valence-electron chi connectivity index (χ0n) is 43.7. The van der Waals surface area contributed by atoms with Crippen LogP contribution in [0.2, 0.25) is 0 Å². The van der Waals surface area contributed by atoms with Crippen LogP contribution in [0.15, 0.2) is 162 Å². The SMILES string of the molecule is [2H]c1cc2c(-c3c([2H])c([2H])c([2H])c(-c4c([2H])c([2H])c([2H])c5c([2H])c([2H])c([2H])c([2H])c45)c3[2H])c3cc([2H])c([2H])cc3c(-c3c([2H])c([2H])c([2H])c4c3oc3c([2H])c([2H])c([2H])c([2H])c34)c2cc1[2H]. The molecule has 9 rings (SSSR count). The summed E-state index contributed by atoms with van der Waals surface area (Å²) in [5.74, 6) is 0. The van der Waals surface area contributed by atoms with Crippen LogP contribution in [0.5, 0.6) is 0 Å². The van der Waals surface area contributed by atoms with Crippen LogP contribution in [0.25, 0.3) is 87.6 Å². The molecule has 0 radical (unpaired) electrons. The molecule has 0 spiro atoms. The molecular formula is C42H26O. The van der Waals surface area contributed by atoms with Crippen molar-refractivity contribution in [3.8, 4) is 33.4 Å². The molecule has 0 fully saturated rings. The largest absolute Gasteiger partial charge is 0.455 e. The summed E-state index contributed by atoms with van der Waals surface area (Å²) in [4.78, 5) is 0. The maximum atomic E-state index is 9.78. The summed E-state index contributed by atoms with van der Waals surface area (Å²) in [5.41, 5.74) is -3.02. The minimum absolute atomic E-state index is 0.0628. The highest BCUT2D eigenvalue weighted by atomic mass is 16.3. The highest BCUT2D eigenvalue weighted by molar-refractivity contribution is 6.24. The molecular weight excluding hydrogens is 520 g/mol. The number of fused-ring (bicyclic) bond motifs is 6. The molecule has 0 atom stereocenters. The van der Waals surface area contributed by atoms with Gasteiger partial charge in [-0.3, -0.25) is 0 Å². The van der Waals surface area contributed by atoms with Gasteiger partial charge in [0.2, 0.25) is 0 Å². The van der Waals surface area contributed by atoms with E-state index >= 15 is 0 Å². The first-order chi connectivity index (χ1) is 30.5. The summed E-state index contributed by atoms with van der Waals surface area (Å²) >= 11 is 0. The second-order valence-corrected chi connectivity index (χ2v) is 9.57. The molecule has 0 aliphatic rings. The van der Waals surface area contributed by atoms with E-state index in [4.69, 9.17) is 30.5 Å². The van der Waals surface area contributed by atoms with Gasteiger partial charge in [0.05, 0.1) is 30.2 Å². The number of para-hydroxylation sites is 2. The standard InChI is InChI=1S/C42H26O/c1-2-16-30-27(12-1)13-10-22-31(30)28-14-9-15-29(26-28)40-33-18-3-5-20-35(33)41(36-21-6-4-19-34(36)40)38-24-11-23-37-32-17-7-8-25-39(32)43-42(37)38/h1-26H/i1D,2D,3D,4D,5D,6D,7D,8D,9D,10D,11D,12D,13D,14D,15D,16D,17D,22D,23D,24D,25D,26D. The lowest BCUT2D eigenvalue weighted by Gasteiger charge is -2.18. The predicted octanol–water partition coefficient (Wildman–Crippen LogP) is 12.0. The molecule has 0 aliphatic carbocycles. The Morgan fingerprint density at radius 3 is 1.74 bits per heavy atom. The van der Waals surface area contributed by atoms with Gasteiger partial charge in [0.15, 0.2) is 0 Å². The van der Waals surface area contributed by atoms with E-state index in [1.165, 1.54) is 12.1 Å². The van der Waals surface area contributed by atoms with E-state index in [1.54, 1.807) is 0 Å². The topological polar surface area (TPSA) is 13.1 Å². The number of furan rings is 1. The van der Waals surface area contributed by atoms with Crippen molar-refractivity contribution in [3.63, 3.8) is 0 Å². The third-order valence-electron chi connectivity index (χ3n) is 7.31. The van der Waals surface area contributed by atoms with Crippen LogP contribution >= 0.6 is 0 Å². The average molecular weight is 569 g/mol. The molecule has 200 valence electrons. The lowest BCUT2D eigenvalue weighted by molar-refractivity contribution is 0.670. The maximum Gasteiger partial charge on any atom is 0.143 e. The summed E-state index contributed by atoms with van der Waals surface area (Å²) in [7, 11) is 0. The summed E-state index contributed by atoms with van der Waals surface area (Å²) in [6.07, 6.45) is 0. The van der Waals surface area contributed by atoms with Crippen LogP contribution in [-0.2, 0) is 0 Å². The number of hydrogen-bond acceptors (Lipinski definition) is 1. The number of rotatable bonds is 3. The van der Waals surface area contributed by atoms with Gasteiger partial charge in [-0.25, -0.2) is 0 Å². The van der Waals surface area contributed by atoms with Crippen molar-refractivity contribution in [2.45, 2.75) is 0 Å². The Labute approximate surface area is 280 Å². The van der Waals surface area contributed by atoms with Gasteiger partial charge in [0.25, 0.3) is 0 Å². The molecule has 0 amide bonds. The summed E-state index contributed by atoms with van der Waals surface area (Å²) in [6.45, 7) is 0. The highest BCUT2D eigenvalue weighted by Crippen LogP contribution is 2.46. The van der Waals surface area contributed by atoms with Crippen LogP contribution in [0, 0.1) is 0 Å². The van der Waals surface area contributed by atoms with Gasteiger partial charge in [-0.2, -0.15) is 0 Å². The smallest absolute Gasteiger partial charge is 0.143 e. The van der Waals surface area contributed by atoms with Crippen molar-refractivity contribution >= 4 is 54.3 Å². The normalized spacial score (nSPS) is 18.9. The van der Waals surface area contributed by atoms with Gasteiger partial charge in [-0.1, -0.05) is 145 Å². The van der Waals surface area contributed by atoms with Crippen LogP contribution < -0.4 is 0 Å². The second kappa shape index (κ2) is 9.44. The first-order valence-corrected chi connectivity index (χ1v) is 13.0. The fourth-order valence-electron chi connectivity index (χ4n) is 5.52. The van der Waals surface area contributed by atoms with Crippen molar-refractivity contribution in [1.82, 2.24) is 0 Å². The molecule has 0 saturated carbocycles. The Hall–Kier alpha value is -5.66. The van der Waals surface area contributed by atoms with Gasteiger partial charge in [0, 0.05) is 21.9 Å². The van der Waals surface area contributed by atoms with E-state index < -0.39 is 166 Å². The molecule has 1 nitrogen and oxygen atoms in total. The zero-order chi connectivity index (χ0) is 47.5. The first-order valence-electron chi connectivity index (χ1n) is 24.0. The minimum Gasteiger partial charge on any atom is -0.455 e. The van der Waals surface area contributed by atoms with Crippen LogP contribution in [0.4, 0.5) is 0 Å². The van der Waals surface area contributed by atoms with E-state index in [1.807, 2.05) is 0 Å². The summed E-state index contributed by atoms with van der Waals surface area (Å²) in [5, 5.41) is -1.83. The third-order valence-corrected chi connectivity index (χ3v) is 7.31. The quantitative estimate of drug-likeness (QED) is 0.193. The van der Waals surface area contributed by atoms with E-state index in [0.29, 0.717) is 0 Å². The maximum absolute atomic E-state index is 9.78. The average Bonchev–Trinajstić information content (AvgIpc) is 3.67. The molecule has 0 bridgehead atoms. The van der Waals surface area contributed by atoms with Crippen molar-refractivity contribution in [2.75, 3.05) is 0 Å². The Morgan fingerprint density at radius 1 is 0.395 bits per heavy atom. The Kier molecular flexibility index (Phi) is 2.39. The molecule has 0 N–H and O–H groups in total. The monoisotopic (exact) mass is 568 g/mol. The lowest BCUT2D eigenvalue weighted by atomic mass is 9.85. The number of benzene rings is 8. The first kappa shape index (κ1) is 10.9. The van der Waals surface area contributed by atoms with Gasteiger partial charge in [0.1, 0.15) is 11.2 Å². The highest BCUT2D eigenvalue weighted by Gasteiger charge is 2.20. The molecule has 0 unspecified atom stereocenters. The van der Waals surface area contributed by atoms with Crippen LogP contribution in [0.3, 0.4) is 0 Å². The van der Waals surface area contributed by atoms with Crippen LogP contribution in [0.1, 0.15) is 30.2 Å². The zero-order valence-corrected chi connectivity index (χ0v) is 21.7. The molecule has 1 heteroatoms. The van der Waals surface area contributed by atoms with E-state index in [2.05, 4.69) is 0 Å². The van der Waals surface area contributed by atoms with E-state index in [0.717, 1.165) is 12.1 Å². The fraction of sp³-hybridized carbons (Fsp3) is 0. The van der Waals surface area contributed by atoms with E-state index in [9.17, 15) is 4.11 Å². The molecule has 1 heterocycles. The fourth-order valence-corrected chi connectivity index (χ4v) is 5.52.